The van der Waals surface area contributed by atoms with Crippen LogP contribution in [0.4, 0.5) is 11.4 Å². The van der Waals surface area contributed by atoms with E-state index < -0.39 is 10.0 Å². The van der Waals surface area contributed by atoms with Gasteiger partial charge in [-0.15, -0.1) is 0 Å². The zero-order chi connectivity index (χ0) is 20.5. The number of nitrogen functional groups attached to an aromatic ring is 1. The van der Waals surface area contributed by atoms with E-state index in [9.17, 15) is 8.42 Å². The molecular weight excluding hydrogens is 374 g/mol. The molecule has 0 atom stereocenters. The van der Waals surface area contributed by atoms with Crippen molar-refractivity contribution in [1.29, 1.82) is 0 Å². The maximum atomic E-state index is 12.1. The first kappa shape index (κ1) is 20.1. The Labute approximate surface area is 166 Å². The first-order valence-electron chi connectivity index (χ1n) is 9.36. The van der Waals surface area contributed by atoms with Gasteiger partial charge in [0.2, 0.25) is 10.0 Å². The number of hydrogen-bond acceptors (Lipinski definition) is 4. The highest BCUT2D eigenvalue weighted by atomic mass is 32.2. The third-order valence-corrected chi connectivity index (χ3v) is 6.82. The van der Waals surface area contributed by atoms with Crippen LogP contribution in [0.2, 0.25) is 0 Å². The molecule has 3 aromatic rings. The van der Waals surface area contributed by atoms with Crippen molar-refractivity contribution in [2.75, 3.05) is 29.9 Å². The highest BCUT2D eigenvalue weighted by Crippen LogP contribution is 2.38. The van der Waals surface area contributed by atoms with Gasteiger partial charge in [-0.1, -0.05) is 19.1 Å². The van der Waals surface area contributed by atoms with Crippen LogP contribution in [0, 0.1) is 0 Å². The molecule has 2 N–H and O–H groups in total. The van der Waals surface area contributed by atoms with Crippen molar-refractivity contribution in [2.24, 2.45) is 0 Å². The number of nitrogens with zero attached hydrogens (tertiary/aromatic N) is 2. The summed E-state index contributed by atoms with van der Waals surface area (Å²) in [5, 5.41) is 0.985. The van der Waals surface area contributed by atoms with E-state index in [-0.39, 0.29) is 5.75 Å². The minimum absolute atomic E-state index is 0.0603. The minimum atomic E-state index is -3.29. The summed E-state index contributed by atoms with van der Waals surface area (Å²) in [4.78, 5) is 0. The summed E-state index contributed by atoms with van der Waals surface area (Å²) in [6.07, 6.45) is 0.961. The Kier molecular flexibility index (Phi) is 5.56. The molecule has 2 aromatic carbocycles. The molecule has 1 heterocycles. The van der Waals surface area contributed by atoms with E-state index in [1.165, 1.54) is 4.31 Å². The number of fused-ring (bicyclic) bond motifs is 1. The Morgan fingerprint density at radius 1 is 1.11 bits per heavy atom. The summed E-state index contributed by atoms with van der Waals surface area (Å²) in [7, 11) is -0.0695. The quantitative estimate of drug-likeness (QED) is 0.647. The predicted molar refractivity (Wildman–Crippen MR) is 116 cm³/mol. The minimum Gasteiger partial charge on any atom is -0.497 e. The molecule has 0 amide bonds. The van der Waals surface area contributed by atoms with Crippen LogP contribution in [0.1, 0.15) is 20.3 Å². The fourth-order valence-electron chi connectivity index (χ4n) is 3.43. The maximum absolute atomic E-state index is 12.1. The smallest absolute Gasteiger partial charge is 0.234 e. The van der Waals surface area contributed by atoms with E-state index in [0.717, 1.165) is 40.9 Å². The molecule has 150 valence electrons. The highest BCUT2D eigenvalue weighted by Gasteiger charge is 2.19. The van der Waals surface area contributed by atoms with Gasteiger partial charge in [-0.25, -0.2) is 8.42 Å². The summed E-state index contributed by atoms with van der Waals surface area (Å²) in [5.41, 5.74) is 10.8. The van der Waals surface area contributed by atoms with E-state index in [1.807, 2.05) is 42.5 Å². The number of aryl methyl sites for hydroxylation is 1. The van der Waals surface area contributed by atoms with Gasteiger partial charge in [0.05, 0.1) is 35.4 Å². The van der Waals surface area contributed by atoms with Crippen molar-refractivity contribution in [2.45, 2.75) is 26.8 Å². The third-order valence-electron chi connectivity index (χ3n) is 5.04. The molecule has 6 nitrogen and oxygen atoms in total. The van der Waals surface area contributed by atoms with Crippen LogP contribution >= 0.6 is 0 Å². The molecule has 7 heteroatoms. The van der Waals surface area contributed by atoms with Crippen LogP contribution in [0.5, 0.6) is 5.75 Å². The van der Waals surface area contributed by atoms with E-state index in [0.29, 0.717) is 11.4 Å². The molecule has 3 rings (SSSR count). The van der Waals surface area contributed by atoms with Gasteiger partial charge in [-0.05, 0) is 37.6 Å². The van der Waals surface area contributed by atoms with Crippen molar-refractivity contribution < 1.29 is 13.2 Å². The molecule has 0 spiro atoms. The highest BCUT2D eigenvalue weighted by molar-refractivity contribution is 7.92. The van der Waals surface area contributed by atoms with Crippen LogP contribution in [-0.4, -0.2) is 32.9 Å². The van der Waals surface area contributed by atoms with Gasteiger partial charge in [0.25, 0.3) is 0 Å². The molecule has 0 fully saturated rings. The molecule has 0 saturated heterocycles. The van der Waals surface area contributed by atoms with Crippen LogP contribution in [0.3, 0.4) is 0 Å². The number of rotatable bonds is 7. The normalized spacial score (nSPS) is 11.7. The lowest BCUT2D eigenvalue weighted by atomic mass is 10.1. The fraction of sp³-hybridized carbons (Fsp3) is 0.333. The molecule has 0 unspecified atom stereocenters. The molecule has 0 aliphatic rings. The van der Waals surface area contributed by atoms with Gasteiger partial charge < -0.3 is 15.0 Å². The van der Waals surface area contributed by atoms with Crippen molar-refractivity contribution in [3.63, 3.8) is 0 Å². The predicted octanol–water partition coefficient (Wildman–Crippen LogP) is 4.10. The number of hydrogen-bond donors (Lipinski definition) is 1. The number of sulfonamides is 1. The molecule has 1 aromatic heterocycles. The summed E-state index contributed by atoms with van der Waals surface area (Å²) in [6, 6.07) is 13.4. The summed E-state index contributed by atoms with van der Waals surface area (Å²) in [5.74, 6) is 0.848. The Morgan fingerprint density at radius 3 is 2.36 bits per heavy atom. The Balaban J connectivity index is 2.13. The van der Waals surface area contributed by atoms with Crippen LogP contribution in [-0.2, 0) is 16.6 Å². The lowest BCUT2D eigenvalue weighted by molar-refractivity contribution is 0.415. The number of ether oxygens (including phenoxy) is 1. The summed E-state index contributed by atoms with van der Waals surface area (Å²) < 4.78 is 33.1. The SMILES string of the molecule is CCCn1c(-c2ccc(N(C)S(=O)(=O)CC)cc2)c(N)c2ccc(OC)cc21. The van der Waals surface area contributed by atoms with Crippen molar-refractivity contribution in [3.05, 3.63) is 42.5 Å². The number of methoxy groups -OCH3 is 1. The van der Waals surface area contributed by atoms with Crippen LogP contribution in [0.25, 0.3) is 22.2 Å². The van der Waals surface area contributed by atoms with Gasteiger partial charge in [-0.2, -0.15) is 0 Å². The lowest BCUT2D eigenvalue weighted by Crippen LogP contribution is -2.27. The Morgan fingerprint density at radius 2 is 1.79 bits per heavy atom. The van der Waals surface area contributed by atoms with Crippen molar-refractivity contribution in [3.8, 4) is 17.0 Å². The van der Waals surface area contributed by atoms with Crippen LogP contribution < -0.4 is 14.8 Å². The third kappa shape index (κ3) is 3.42. The number of nitrogens with two attached hydrogens (primary N) is 1. The van der Waals surface area contributed by atoms with Gasteiger partial charge in [0.1, 0.15) is 5.75 Å². The second-order valence-corrected chi connectivity index (χ2v) is 9.00. The second kappa shape index (κ2) is 7.75. The van der Waals surface area contributed by atoms with Gasteiger partial charge >= 0.3 is 0 Å². The molecule has 0 radical (unpaired) electrons. The number of aromatic nitrogens is 1. The Bertz CT molecular complexity index is 1090. The second-order valence-electron chi connectivity index (χ2n) is 6.71. The maximum Gasteiger partial charge on any atom is 0.234 e. The lowest BCUT2D eigenvalue weighted by Gasteiger charge is -2.19. The standard InChI is InChI=1S/C21H27N3O3S/c1-5-13-24-19-14-17(27-4)11-12-18(19)20(22)21(24)15-7-9-16(10-8-15)23(3)28(25,26)6-2/h7-12,14H,5-6,13,22H2,1-4H3. The molecule has 0 saturated carbocycles. The summed E-state index contributed by atoms with van der Waals surface area (Å²) >= 11 is 0. The van der Waals surface area contributed by atoms with Gasteiger partial charge in [-0.3, -0.25) is 4.31 Å². The topological polar surface area (TPSA) is 77.6 Å². The zero-order valence-electron chi connectivity index (χ0n) is 16.8. The number of anilines is 2. The Hall–Kier alpha value is -2.67. The van der Waals surface area contributed by atoms with Crippen molar-refractivity contribution in [1.82, 2.24) is 4.57 Å². The fourth-order valence-corrected chi connectivity index (χ4v) is 4.26. The molecule has 0 aliphatic heterocycles. The average Bonchev–Trinajstić information content (AvgIpc) is 2.99. The molecule has 0 bridgehead atoms. The zero-order valence-corrected chi connectivity index (χ0v) is 17.6. The molecule has 28 heavy (non-hydrogen) atoms. The van der Waals surface area contributed by atoms with Gasteiger partial charge in [0.15, 0.2) is 0 Å². The first-order valence-corrected chi connectivity index (χ1v) is 11.0. The molecular formula is C21H27N3O3S. The monoisotopic (exact) mass is 401 g/mol. The van der Waals surface area contributed by atoms with E-state index in [2.05, 4.69) is 11.5 Å². The average molecular weight is 402 g/mol. The van der Waals surface area contributed by atoms with E-state index in [4.69, 9.17) is 10.5 Å². The van der Waals surface area contributed by atoms with Crippen molar-refractivity contribution >= 4 is 32.3 Å². The van der Waals surface area contributed by atoms with Crippen LogP contribution in [0.15, 0.2) is 42.5 Å². The van der Waals surface area contributed by atoms with E-state index in [1.54, 1.807) is 21.1 Å². The summed E-state index contributed by atoms with van der Waals surface area (Å²) in [6.45, 7) is 4.58. The number of benzene rings is 2. The van der Waals surface area contributed by atoms with E-state index >= 15 is 0 Å². The van der Waals surface area contributed by atoms with Gasteiger partial charge in [0, 0.05) is 30.6 Å². The molecule has 0 aliphatic carbocycles. The largest absolute Gasteiger partial charge is 0.497 e. The first-order chi connectivity index (χ1) is 13.3.